The summed E-state index contributed by atoms with van der Waals surface area (Å²) in [4.78, 5) is 24.5. The Kier molecular flexibility index (Phi) is 5.26. The van der Waals surface area contributed by atoms with Crippen LogP contribution in [0.5, 0.6) is 5.75 Å². The Hall–Kier alpha value is -2.42. The standard InChI is InChI=1S/C17H21N3O5S/c1-25-14-4-2-3-12(9-14)10-18-17(22)15-5-6-16(21)20(19-15)13-7-8-26(23,24)11-13/h2-4,9,13H,5-8,10-11H2,1H3,(H,18,22). The fourth-order valence-electron chi connectivity index (χ4n) is 3.05. The molecular weight excluding hydrogens is 358 g/mol. The van der Waals surface area contributed by atoms with E-state index < -0.39 is 15.9 Å². The van der Waals surface area contributed by atoms with Crippen molar-refractivity contribution in [3.8, 4) is 5.75 Å². The van der Waals surface area contributed by atoms with Crippen molar-refractivity contribution >= 4 is 27.4 Å². The molecule has 1 N–H and O–H groups in total. The Morgan fingerprint density at radius 2 is 2.19 bits per heavy atom. The molecule has 0 spiro atoms. The molecule has 2 aliphatic heterocycles. The van der Waals surface area contributed by atoms with Gasteiger partial charge in [0, 0.05) is 19.4 Å². The van der Waals surface area contributed by atoms with Gasteiger partial charge in [-0.15, -0.1) is 0 Å². The number of hydrogen-bond acceptors (Lipinski definition) is 6. The van der Waals surface area contributed by atoms with Gasteiger partial charge >= 0.3 is 0 Å². The molecule has 8 nitrogen and oxygen atoms in total. The van der Waals surface area contributed by atoms with Gasteiger partial charge in [0.25, 0.3) is 5.91 Å². The summed E-state index contributed by atoms with van der Waals surface area (Å²) in [6.45, 7) is 0.306. The fraction of sp³-hybridized carbons (Fsp3) is 0.471. The molecule has 3 rings (SSSR count). The topological polar surface area (TPSA) is 105 Å². The number of carbonyl (C=O) groups excluding carboxylic acids is 2. The largest absolute Gasteiger partial charge is 0.497 e. The molecule has 26 heavy (non-hydrogen) atoms. The first-order valence-electron chi connectivity index (χ1n) is 8.39. The van der Waals surface area contributed by atoms with Gasteiger partial charge in [-0.2, -0.15) is 5.10 Å². The van der Waals surface area contributed by atoms with Crippen molar-refractivity contribution in [1.82, 2.24) is 10.3 Å². The number of hydrazone groups is 1. The van der Waals surface area contributed by atoms with Crippen molar-refractivity contribution in [2.24, 2.45) is 5.10 Å². The van der Waals surface area contributed by atoms with Crippen LogP contribution >= 0.6 is 0 Å². The van der Waals surface area contributed by atoms with Gasteiger partial charge in [-0.05, 0) is 24.1 Å². The summed E-state index contributed by atoms with van der Waals surface area (Å²) in [5, 5.41) is 8.13. The van der Waals surface area contributed by atoms with E-state index in [1.807, 2.05) is 24.3 Å². The molecule has 1 unspecified atom stereocenters. The van der Waals surface area contributed by atoms with Gasteiger partial charge in [0.1, 0.15) is 11.5 Å². The lowest BCUT2D eigenvalue weighted by Crippen LogP contribution is -2.43. The number of hydrogen-bond donors (Lipinski definition) is 1. The van der Waals surface area contributed by atoms with Crippen LogP contribution in [-0.2, 0) is 26.0 Å². The molecular formula is C17H21N3O5S. The van der Waals surface area contributed by atoms with Crippen LogP contribution in [0, 0.1) is 0 Å². The first kappa shape index (κ1) is 18.4. The number of methoxy groups -OCH3 is 1. The first-order chi connectivity index (χ1) is 12.4. The van der Waals surface area contributed by atoms with Crippen LogP contribution < -0.4 is 10.1 Å². The van der Waals surface area contributed by atoms with E-state index in [-0.39, 0.29) is 41.9 Å². The van der Waals surface area contributed by atoms with Crippen molar-refractivity contribution < 1.29 is 22.7 Å². The van der Waals surface area contributed by atoms with Crippen molar-refractivity contribution in [3.63, 3.8) is 0 Å². The maximum Gasteiger partial charge on any atom is 0.267 e. The highest BCUT2D eigenvalue weighted by atomic mass is 32.2. The lowest BCUT2D eigenvalue weighted by molar-refractivity contribution is -0.133. The van der Waals surface area contributed by atoms with E-state index in [4.69, 9.17) is 4.74 Å². The van der Waals surface area contributed by atoms with Crippen LogP contribution in [0.4, 0.5) is 0 Å². The normalized spacial score (nSPS) is 22.0. The molecule has 0 aromatic heterocycles. The second-order valence-corrected chi connectivity index (χ2v) is 8.60. The van der Waals surface area contributed by atoms with E-state index in [0.717, 1.165) is 5.56 Å². The first-order valence-corrected chi connectivity index (χ1v) is 10.2. The van der Waals surface area contributed by atoms with Crippen LogP contribution in [0.2, 0.25) is 0 Å². The zero-order chi connectivity index (χ0) is 18.7. The van der Waals surface area contributed by atoms with Gasteiger partial charge in [-0.25, -0.2) is 13.4 Å². The molecule has 2 heterocycles. The third kappa shape index (κ3) is 4.21. The molecule has 0 bridgehead atoms. The molecule has 0 radical (unpaired) electrons. The zero-order valence-electron chi connectivity index (χ0n) is 14.5. The molecule has 0 saturated carbocycles. The molecule has 140 valence electrons. The van der Waals surface area contributed by atoms with Gasteiger partial charge in [0.15, 0.2) is 9.84 Å². The van der Waals surface area contributed by atoms with E-state index >= 15 is 0 Å². The summed E-state index contributed by atoms with van der Waals surface area (Å²) in [6.07, 6.45) is 0.761. The third-order valence-electron chi connectivity index (χ3n) is 4.46. The zero-order valence-corrected chi connectivity index (χ0v) is 15.3. The summed E-state index contributed by atoms with van der Waals surface area (Å²) < 4.78 is 28.4. The van der Waals surface area contributed by atoms with Crippen LogP contribution in [0.15, 0.2) is 29.4 Å². The highest BCUT2D eigenvalue weighted by molar-refractivity contribution is 7.91. The van der Waals surface area contributed by atoms with Crippen molar-refractivity contribution in [1.29, 1.82) is 0 Å². The van der Waals surface area contributed by atoms with Crippen molar-refractivity contribution in [2.45, 2.75) is 31.8 Å². The van der Waals surface area contributed by atoms with Crippen molar-refractivity contribution in [2.75, 3.05) is 18.6 Å². The number of amides is 2. The lowest BCUT2D eigenvalue weighted by atomic mass is 10.1. The molecule has 1 atom stereocenters. The van der Waals surface area contributed by atoms with Crippen LogP contribution in [0.25, 0.3) is 0 Å². The molecule has 1 aromatic carbocycles. The second kappa shape index (κ2) is 7.45. The predicted molar refractivity (Wildman–Crippen MR) is 95.4 cm³/mol. The van der Waals surface area contributed by atoms with Gasteiger partial charge < -0.3 is 10.1 Å². The number of benzene rings is 1. The van der Waals surface area contributed by atoms with E-state index in [1.54, 1.807) is 7.11 Å². The average Bonchev–Trinajstić information content (AvgIpc) is 3.00. The monoisotopic (exact) mass is 379 g/mol. The Morgan fingerprint density at radius 3 is 2.88 bits per heavy atom. The third-order valence-corrected chi connectivity index (χ3v) is 6.21. The highest BCUT2D eigenvalue weighted by Gasteiger charge is 2.37. The summed E-state index contributed by atoms with van der Waals surface area (Å²) in [5.74, 6) is 0.0588. The highest BCUT2D eigenvalue weighted by Crippen LogP contribution is 2.22. The van der Waals surface area contributed by atoms with Crippen LogP contribution in [0.3, 0.4) is 0 Å². The summed E-state index contributed by atoms with van der Waals surface area (Å²) in [7, 11) is -1.56. The molecule has 1 saturated heterocycles. The Morgan fingerprint density at radius 1 is 1.38 bits per heavy atom. The van der Waals surface area contributed by atoms with Gasteiger partial charge in [-0.1, -0.05) is 12.1 Å². The average molecular weight is 379 g/mol. The Bertz CT molecular complexity index is 850. The van der Waals surface area contributed by atoms with Crippen LogP contribution in [0.1, 0.15) is 24.8 Å². The molecule has 2 aliphatic rings. The Balaban J connectivity index is 1.66. The SMILES string of the molecule is COc1cccc(CNC(=O)C2=NN(C3CCS(=O)(=O)C3)C(=O)CC2)c1. The van der Waals surface area contributed by atoms with Gasteiger partial charge in [0.2, 0.25) is 5.91 Å². The summed E-state index contributed by atoms with van der Waals surface area (Å²) in [6, 6.07) is 6.86. The van der Waals surface area contributed by atoms with E-state index in [2.05, 4.69) is 10.4 Å². The number of nitrogens with zero attached hydrogens (tertiary/aromatic N) is 2. The fourth-order valence-corrected chi connectivity index (χ4v) is 4.75. The summed E-state index contributed by atoms with van der Waals surface area (Å²) in [5.41, 5.74) is 1.13. The smallest absolute Gasteiger partial charge is 0.267 e. The number of sulfone groups is 1. The number of carbonyl (C=O) groups is 2. The predicted octanol–water partition coefficient (Wildman–Crippen LogP) is 0.477. The number of ether oxygens (including phenoxy) is 1. The molecule has 1 aromatic rings. The van der Waals surface area contributed by atoms with E-state index in [0.29, 0.717) is 18.7 Å². The van der Waals surface area contributed by atoms with E-state index in [9.17, 15) is 18.0 Å². The van der Waals surface area contributed by atoms with Crippen LogP contribution in [-0.4, -0.2) is 55.6 Å². The minimum absolute atomic E-state index is 0.0499. The number of nitrogens with one attached hydrogen (secondary N) is 1. The van der Waals surface area contributed by atoms with Gasteiger partial charge in [-0.3, -0.25) is 9.59 Å². The molecule has 0 aliphatic carbocycles. The minimum atomic E-state index is -3.13. The molecule has 1 fully saturated rings. The van der Waals surface area contributed by atoms with Gasteiger partial charge in [0.05, 0.1) is 24.7 Å². The molecule has 2 amide bonds. The molecule has 9 heteroatoms. The lowest BCUT2D eigenvalue weighted by Gasteiger charge is -2.27. The summed E-state index contributed by atoms with van der Waals surface area (Å²) >= 11 is 0. The quantitative estimate of drug-likeness (QED) is 0.801. The maximum absolute atomic E-state index is 12.4. The Labute approximate surface area is 152 Å². The van der Waals surface area contributed by atoms with E-state index in [1.165, 1.54) is 5.01 Å². The maximum atomic E-state index is 12.4. The number of rotatable bonds is 5. The second-order valence-electron chi connectivity index (χ2n) is 6.38. The van der Waals surface area contributed by atoms with Crippen molar-refractivity contribution in [3.05, 3.63) is 29.8 Å². The minimum Gasteiger partial charge on any atom is -0.497 e.